The molecule has 1 aliphatic carbocycles. The van der Waals surface area contributed by atoms with Gasteiger partial charge in [0.25, 0.3) is 0 Å². The predicted octanol–water partition coefficient (Wildman–Crippen LogP) is 1.86. The minimum atomic E-state index is -0.429. The van der Waals surface area contributed by atoms with Crippen LogP contribution >= 0.6 is 0 Å². The van der Waals surface area contributed by atoms with E-state index in [0.29, 0.717) is 5.92 Å². The molecule has 0 aromatic rings. The van der Waals surface area contributed by atoms with Crippen LogP contribution in [0.3, 0.4) is 0 Å². The van der Waals surface area contributed by atoms with Crippen molar-refractivity contribution in [1.29, 1.82) is 0 Å². The molecule has 1 rings (SSSR count). The summed E-state index contributed by atoms with van der Waals surface area (Å²) < 4.78 is 0. The molecule has 0 heterocycles. The van der Waals surface area contributed by atoms with Gasteiger partial charge < -0.3 is 0 Å². The van der Waals surface area contributed by atoms with Crippen LogP contribution < -0.4 is 11.3 Å². The number of nitrogens with two attached hydrogens (primary N) is 1. The van der Waals surface area contributed by atoms with Gasteiger partial charge in [-0.05, 0) is 37.5 Å². The van der Waals surface area contributed by atoms with Crippen LogP contribution in [-0.2, 0) is 0 Å². The minimum absolute atomic E-state index is 0.429. The first kappa shape index (κ1) is 11.2. The van der Waals surface area contributed by atoms with E-state index in [0.717, 1.165) is 30.9 Å². The summed E-state index contributed by atoms with van der Waals surface area (Å²) >= 11 is 0. The van der Waals surface area contributed by atoms with Crippen molar-refractivity contribution < 1.29 is 4.79 Å². The average Bonchev–Trinajstić information content (AvgIpc) is 2.27. The van der Waals surface area contributed by atoms with Crippen molar-refractivity contribution in [3.05, 3.63) is 0 Å². The lowest BCUT2D eigenvalue weighted by Gasteiger charge is -2.09. The molecule has 0 radical (unpaired) electrons. The Morgan fingerprint density at radius 3 is 2.86 bits per heavy atom. The van der Waals surface area contributed by atoms with E-state index < -0.39 is 6.03 Å². The molecule has 80 valence electrons. The van der Waals surface area contributed by atoms with Gasteiger partial charge in [0.15, 0.2) is 0 Å². The van der Waals surface area contributed by atoms with Gasteiger partial charge in [-0.1, -0.05) is 13.8 Å². The summed E-state index contributed by atoms with van der Waals surface area (Å²) in [7, 11) is 0. The lowest BCUT2D eigenvalue weighted by molar-refractivity contribution is 0.249. The van der Waals surface area contributed by atoms with E-state index in [9.17, 15) is 4.79 Å². The van der Waals surface area contributed by atoms with Crippen LogP contribution in [-0.4, -0.2) is 11.7 Å². The predicted molar refractivity (Wildman–Crippen MR) is 57.0 cm³/mol. The van der Waals surface area contributed by atoms with E-state index in [1.54, 1.807) is 0 Å². The zero-order valence-electron chi connectivity index (χ0n) is 8.92. The van der Waals surface area contributed by atoms with E-state index in [1.165, 1.54) is 6.42 Å². The largest absolute Gasteiger partial charge is 0.354 e. The molecule has 1 aliphatic rings. The van der Waals surface area contributed by atoms with Crippen molar-refractivity contribution >= 4 is 11.7 Å². The van der Waals surface area contributed by atoms with Crippen LogP contribution in [0.15, 0.2) is 4.99 Å². The van der Waals surface area contributed by atoms with Gasteiger partial charge in [0.1, 0.15) is 0 Å². The lowest BCUT2D eigenvalue weighted by Crippen LogP contribution is -2.28. The Bertz CT molecular complexity index is 238. The summed E-state index contributed by atoms with van der Waals surface area (Å²) in [4.78, 5) is 14.9. The van der Waals surface area contributed by atoms with E-state index in [4.69, 9.17) is 5.84 Å². The second-order valence-corrected chi connectivity index (χ2v) is 4.32. The first-order chi connectivity index (χ1) is 6.61. The zero-order valence-corrected chi connectivity index (χ0v) is 8.92. The standard InChI is InChI=1S/C10H19N3O/c1-7-3-4-9(6-8(2)5-7)12-10(14)13-11/h7-8H,3-6,11H2,1-2H3,(H,13,14)/b12-9-/t7-,8+/m0/s1. The highest BCUT2D eigenvalue weighted by Crippen LogP contribution is 2.25. The van der Waals surface area contributed by atoms with Gasteiger partial charge in [-0.25, -0.2) is 15.6 Å². The molecule has 1 fully saturated rings. The Morgan fingerprint density at radius 2 is 2.21 bits per heavy atom. The topological polar surface area (TPSA) is 67.5 Å². The number of carbonyl (C=O) groups is 1. The van der Waals surface area contributed by atoms with Crippen molar-refractivity contribution in [2.75, 3.05) is 0 Å². The molecule has 0 unspecified atom stereocenters. The normalized spacial score (nSPS) is 31.2. The molecule has 0 saturated heterocycles. The number of aliphatic imine (C=N–C) groups is 1. The van der Waals surface area contributed by atoms with Crippen molar-refractivity contribution in [2.24, 2.45) is 22.7 Å². The number of hydrogen-bond acceptors (Lipinski definition) is 2. The quantitative estimate of drug-likeness (QED) is 0.269. The van der Waals surface area contributed by atoms with Crippen LogP contribution in [0.2, 0.25) is 0 Å². The number of nitrogens with one attached hydrogen (secondary N) is 1. The highest BCUT2D eigenvalue weighted by molar-refractivity contribution is 5.95. The van der Waals surface area contributed by atoms with Gasteiger partial charge in [0.05, 0.1) is 0 Å². The van der Waals surface area contributed by atoms with E-state index in [2.05, 4.69) is 18.8 Å². The number of amides is 2. The number of rotatable bonds is 0. The molecule has 1 saturated carbocycles. The highest BCUT2D eigenvalue weighted by Gasteiger charge is 2.17. The average molecular weight is 197 g/mol. The number of nitrogens with zero attached hydrogens (tertiary/aromatic N) is 1. The maximum Gasteiger partial charge on any atom is 0.354 e. The third-order valence-corrected chi connectivity index (χ3v) is 2.70. The Labute approximate surface area is 84.9 Å². The minimum Gasteiger partial charge on any atom is -0.274 e. The maximum absolute atomic E-state index is 11.0. The van der Waals surface area contributed by atoms with Gasteiger partial charge in [0, 0.05) is 5.71 Å². The summed E-state index contributed by atoms with van der Waals surface area (Å²) in [5.74, 6) is 6.34. The smallest absolute Gasteiger partial charge is 0.274 e. The van der Waals surface area contributed by atoms with Gasteiger partial charge in [0.2, 0.25) is 0 Å². The van der Waals surface area contributed by atoms with Crippen molar-refractivity contribution in [1.82, 2.24) is 5.43 Å². The summed E-state index contributed by atoms with van der Waals surface area (Å²) in [6, 6.07) is -0.429. The molecule has 4 heteroatoms. The van der Waals surface area contributed by atoms with Crippen LogP contribution in [0, 0.1) is 11.8 Å². The molecule has 3 N–H and O–H groups in total. The van der Waals surface area contributed by atoms with Gasteiger partial charge in [-0.3, -0.25) is 5.43 Å². The fraction of sp³-hybridized carbons (Fsp3) is 0.800. The molecule has 2 atom stereocenters. The summed E-state index contributed by atoms with van der Waals surface area (Å²) in [6.07, 6.45) is 4.21. The molecular weight excluding hydrogens is 178 g/mol. The SMILES string of the molecule is C[C@H]1CC/C(=N/C(=O)NN)C[C@H](C)C1. The van der Waals surface area contributed by atoms with Gasteiger partial charge in [-0.2, -0.15) is 0 Å². The molecule has 0 aromatic carbocycles. The van der Waals surface area contributed by atoms with Crippen molar-refractivity contribution in [2.45, 2.75) is 39.5 Å². The molecule has 4 nitrogen and oxygen atoms in total. The Morgan fingerprint density at radius 1 is 1.50 bits per heavy atom. The Kier molecular flexibility index (Phi) is 4.07. The summed E-state index contributed by atoms with van der Waals surface area (Å²) in [6.45, 7) is 4.46. The first-order valence-corrected chi connectivity index (χ1v) is 5.18. The molecule has 14 heavy (non-hydrogen) atoms. The van der Waals surface area contributed by atoms with E-state index >= 15 is 0 Å². The summed E-state index contributed by atoms with van der Waals surface area (Å²) in [5, 5.41) is 0. The van der Waals surface area contributed by atoms with Crippen LogP contribution in [0.1, 0.15) is 39.5 Å². The van der Waals surface area contributed by atoms with E-state index in [-0.39, 0.29) is 0 Å². The van der Waals surface area contributed by atoms with Crippen LogP contribution in [0.4, 0.5) is 4.79 Å². The first-order valence-electron chi connectivity index (χ1n) is 5.18. The molecule has 0 spiro atoms. The number of carbonyl (C=O) groups excluding carboxylic acids is 1. The Hall–Kier alpha value is -0.900. The number of urea groups is 1. The Balaban J connectivity index is 2.61. The summed E-state index contributed by atoms with van der Waals surface area (Å²) in [5.41, 5.74) is 3.02. The van der Waals surface area contributed by atoms with E-state index in [1.807, 2.05) is 5.43 Å². The fourth-order valence-corrected chi connectivity index (χ4v) is 2.08. The second-order valence-electron chi connectivity index (χ2n) is 4.32. The number of hydrazine groups is 1. The van der Waals surface area contributed by atoms with Crippen LogP contribution in [0.25, 0.3) is 0 Å². The fourth-order valence-electron chi connectivity index (χ4n) is 2.08. The van der Waals surface area contributed by atoms with Gasteiger partial charge >= 0.3 is 6.03 Å². The third kappa shape index (κ3) is 3.46. The molecule has 0 aliphatic heterocycles. The van der Waals surface area contributed by atoms with Gasteiger partial charge in [-0.15, -0.1) is 0 Å². The molecular formula is C10H19N3O. The molecule has 2 amide bonds. The van der Waals surface area contributed by atoms with Crippen molar-refractivity contribution in [3.63, 3.8) is 0 Å². The second kappa shape index (κ2) is 5.10. The van der Waals surface area contributed by atoms with Crippen molar-refractivity contribution in [3.8, 4) is 0 Å². The highest BCUT2D eigenvalue weighted by atomic mass is 16.2. The third-order valence-electron chi connectivity index (χ3n) is 2.70. The molecule has 0 aromatic heterocycles. The monoisotopic (exact) mass is 197 g/mol. The lowest BCUT2D eigenvalue weighted by atomic mass is 9.96. The number of hydrogen-bond donors (Lipinski definition) is 2. The maximum atomic E-state index is 11.0. The zero-order chi connectivity index (χ0) is 10.6. The molecule has 0 bridgehead atoms. The van der Waals surface area contributed by atoms with Crippen LogP contribution in [0.5, 0.6) is 0 Å².